The SMILES string of the molecule is COc1cc(C)c(C)cc1S(=O)(=O)NC1CC2C=CC1C2. The van der Waals surface area contributed by atoms with Crippen molar-refractivity contribution in [1.29, 1.82) is 0 Å². The Morgan fingerprint density at radius 2 is 1.86 bits per heavy atom. The van der Waals surface area contributed by atoms with E-state index in [-0.39, 0.29) is 10.9 Å². The van der Waals surface area contributed by atoms with Gasteiger partial charge in [-0.3, -0.25) is 0 Å². The highest BCUT2D eigenvalue weighted by Crippen LogP contribution is 2.40. The zero-order valence-electron chi connectivity index (χ0n) is 12.6. The Balaban J connectivity index is 1.91. The van der Waals surface area contributed by atoms with Crippen LogP contribution in [0.1, 0.15) is 24.0 Å². The van der Waals surface area contributed by atoms with Crippen LogP contribution in [0.2, 0.25) is 0 Å². The molecule has 0 heterocycles. The normalized spacial score (nSPS) is 27.3. The van der Waals surface area contributed by atoms with Crippen molar-refractivity contribution in [2.75, 3.05) is 7.11 Å². The summed E-state index contributed by atoms with van der Waals surface area (Å²) in [6, 6.07) is 3.49. The van der Waals surface area contributed by atoms with Crippen LogP contribution >= 0.6 is 0 Å². The van der Waals surface area contributed by atoms with Gasteiger partial charge in [-0.15, -0.1) is 0 Å². The minimum atomic E-state index is -3.56. The number of nitrogens with one attached hydrogen (secondary N) is 1. The largest absolute Gasteiger partial charge is 0.495 e. The lowest BCUT2D eigenvalue weighted by Crippen LogP contribution is -2.37. The molecule has 1 aromatic rings. The van der Waals surface area contributed by atoms with Crippen LogP contribution in [0.25, 0.3) is 0 Å². The van der Waals surface area contributed by atoms with Crippen molar-refractivity contribution < 1.29 is 13.2 Å². The lowest BCUT2D eigenvalue weighted by atomic mass is 10.0. The van der Waals surface area contributed by atoms with Gasteiger partial charge in [0.2, 0.25) is 10.0 Å². The summed E-state index contributed by atoms with van der Waals surface area (Å²) in [4.78, 5) is 0.236. The molecular formula is C16H21NO3S. The van der Waals surface area contributed by atoms with Crippen molar-refractivity contribution in [3.8, 4) is 5.75 Å². The summed E-state index contributed by atoms with van der Waals surface area (Å²) in [5.41, 5.74) is 1.97. The van der Waals surface area contributed by atoms with E-state index in [9.17, 15) is 8.42 Å². The number of aryl methyl sites for hydroxylation is 2. The fourth-order valence-electron chi connectivity index (χ4n) is 3.31. The van der Waals surface area contributed by atoms with Crippen molar-refractivity contribution in [2.24, 2.45) is 11.8 Å². The molecule has 2 aliphatic carbocycles. The maximum Gasteiger partial charge on any atom is 0.244 e. The van der Waals surface area contributed by atoms with Crippen molar-refractivity contribution >= 4 is 10.0 Å². The van der Waals surface area contributed by atoms with Gasteiger partial charge in [0, 0.05) is 6.04 Å². The molecule has 2 aliphatic rings. The Bertz CT molecular complexity index is 694. The Labute approximate surface area is 126 Å². The first kappa shape index (κ1) is 14.6. The number of methoxy groups -OCH3 is 1. The van der Waals surface area contributed by atoms with Crippen LogP contribution in [0.3, 0.4) is 0 Å². The van der Waals surface area contributed by atoms with Crippen LogP contribution in [0.5, 0.6) is 5.75 Å². The van der Waals surface area contributed by atoms with E-state index in [0.29, 0.717) is 17.6 Å². The van der Waals surface area contributed by atoms with Gasteiger partial charge in [0.25, 0.3) is 0 Å². The van der Waals surface area contributed by atoms with Gasteiger partial charge in [-0.1, -0.05) is 12.2 Å². The van der Waals surface area contributed by atoms with Crippen LogP contribution in [-0.4, -0.2) is 21.6 Å². The highest BCUT2D eigenvalue weighted by atomic mass is 32.2. The Morgan fingerprint density at radius 3 is 2.43 bits per heavy atom. The third-order valence-electron chi connectivity index (χ3n) is 4.65. The van der Waals surface area contributed by atoms with Crippen LogP contribution in [-0.2, 0) is 10.0 Å². The second-order valence-electron chi connectivity index (χ2n) is 6.10. The van der Waals surface area contributed by atoms with E-state index in [4.69, 9.17) is 4.74 Å². The lowest BCUT2D eigenvalue weighted by molar-refractivity contribution is 0.401. The van der Waals surface area contributed by atoms with E-state index in [1.807, 2.05) is 13.8 Å². The second kappa shape index (κ2) is 5.14. The smallest absolute Gasteiger partial charge is 0.244 e. The maximum absolute atomic E-state index is 12.7. The van der Waals surface area contributed by atoms with E-state index < -0.39 is 10.0 Å². The summed E-state index contributed by atoms with van der Waals surface area (Å²) in [6.45, 7) is 3.86. The molecule has 1 N–H and O–H groups in total. The van der Waals surface area contributed by atoms with E-state index in [1.54, 1.807) is 12.1 Å². The second-order valence-corrected chi connectivity index (χ2v) is 7.78. The number of ether oxygens (including phenoxy) is 1. The first-order valence-electron chi connectivity index (χ1n) is 7.26. The Morgan fingerprint density at radius 1 is 1.14 bits per heavy atom. The fourth-order valence-corrected chi connectivity index (χ4v) is 4.85. The number of rotatable bonds is 4. The minimum absolute atomic E-state index is 0.0105. The molecule has 0 radical (unpaired) electrons. The first-order chi connectivity index (χ1) is 9.90. The number of hydrogen-bond acceptors (Lipinski definition) is 3. The van der Waals surface area contributed by atoms with Crippen molar-refractivity contribution in [1.82, 2.24) is 4.72 Å². The Kier molecular flexibility index (Phi) is 3.58. The summed E-state index contributed by atoms with van der Waals surface area (Å²) >= 11 is 0. The summed E-state index contributed by atoms with van der Waals surface area (Å²) in [6.07, 6.45) is 6.30. The quantitative estimate of drug-likeness (QED) is 0.870. The molecular weight excluding hydrogens is 286 g/mol. The lowest BCUT2D eigenvalue weighted by Gasteiger charge is -2.21. The van der Waals surface area contributed by atoms with Crippen molar-refractivity contribution in [2.45, 2.75) is 37.6 Å². The molecule has 1 saturated carbocycles. The van der Waals surface area contributed by atoms with Gasteiger partial charge >= 0.3 is 0 Å². The molecule has 0 saturated heterocycles. The zero-order chi connectivity index (χ0) is 15.2. The molecule has 1 aromatic carbocycles. The van der Waals surface area contributed by atoms with E-state index in [2.05, 4.69) is 16.9 Å². The molecule has 1 fully saturated rings. The number of sulfonamides is 1. The third-order valence-corrected chi connectivity index (χ3v) is 6.17. The van der Waals surface area contributed by atoms with E-state index >= 15 is 0 Å². The van der Waals surface area contributed by atoms with Gasteiger partial charge in [-0.2, -0.15) is 0 Å². The summed E-state index contributed by atoms with van der Waals surface area (Å²) < 4.78 is 33.5. The molecule has 3 atom stereocenters. The molecule has 2 bridgehead atoms. The van der Waals surface area contributed by atoms with E-state index in [1.165, 1.54) is 7.11 Å². The monoisotopic (exact) mass is 307 g/mol. The first-order valence-corrected chi connectivity index (χ1v) is 8.75. The highest BCUT2D eigenvalue weighted by molar-refractivity contribution is 7.89. The van der Waals surface area contributed by atoms with Gasteiger partial charge < -0.3 is 4.74 Å². The highest BCUT2D eigenvalue weighted by Gasteiger charge is 2.38. The standard InChI is InChI=1S/C16H21NO3S/c1-10-6-15(20-3)16(7-11(10)2)21(18,19)17-14-9-12-4-5-13(14)8-12/h4-7,12-14,17H,8-9H2,1-3H3. The van der Waals surface area contributed by atoms with Crippen LogP contribution in [0.4, 0.5) is 0 Å². The topological polar surface area (TPSA) is 55.4 Å². The van der Waals surface area contributed by atoms with Crippen LogP contribution in [0.15, 0.2) is 29.2 Å². The molecule has 4 nitrogen and oxygen atoms in total. The van der Waals surface area contributed by atoms with Crippen LogP contribution in [0, 0.1) is 25.7 Å². The van der Waals surface area contributed by atoms with Gasteiger partial charge in [0.05, 0.1) is 7.11 Å². The zero-order valence-corrected chi connectivity index (χ0v) is 13.4. The summed E-state index contributed by atoms with van der Waals surface area (Å²) in [5, 5.41) is 0. The fraction of sp³-hybridized carbons (Fsp3) is 0.500. The number of fused-ring (bicyclic) bond motifs is 2. The van der Waals surface area contributed by atoms with Gasteiger partial charge in [0.15, 0.2) is 0 Å². The molecule has 21 heavy (non-hydrogen) atoms. The molecule has 114 valence electrons. The number of benzene rings is 1. The van der Waals surface area contributed by atoms with Gasteiger partial charge in [0.1, 0.15) is 10.6 Å². The molecule has 0 amide bonds. The van der Waals surface area contributed by atoms with Crippen molar-refractivity contribution in [3.63, 3.8) is 0 Å². The number of hydrogen-bond donors (Lipinski definition) is 1. The Hall–Kier alpha value is -1.33. The molecule has 0 aromatic heterocycles. The maximum atomic E-state index is 12.7. The summed E-state index contributed by atoms with van der Waals surface area (Å²) in [5.74, 6) is 1.27. The molecule has 0 spiro atoms. The molecule has 3 rings (SSSR count). The number of allylic oxidation sites excluding steroid dienone is 1. The van der Waals surface area contributed by atoms with E-state index in [0.717, 1.165) is 24.0 Å². The molecule has 5 heteroatoms. The molecule has 3 unspecified atom stereocenters. The minimum Gasteiger partial charge on any atom is -0.495 e. The third kappa shape index (κ3) is 2.60. The van der Waals surface area contributed by atoms with Crippen molar-refractivity contribution in [3.05, 3.63) is 35.4 Å². The predicted octanol–water partition coefficient (Wildman–Crippen LogP) is 2.55. The average Bonchev–Trinajstić information content (AvgIpc) is 3.03. The average molecular weight is 307 g/mol. The molecule has 0 aliphatic heterocycles. The van der Waals surface area contributed by atoms with Crippen LogP contribution < -0.4 is 9.46 Å². The predicted molar refractivity (Wildman–Crippen MR) is 81.9 cm³/mol. The van der Waals surface area contributed by atoms with Gasteiger partial charge in [-0.05, 0) is 61.8 Å². The summed E-state index contributed by atoms with van der Waals surface area (Å²) in [7, 11) is -2.05. The van der Waals surface area contributed by atoms with Gasteiger partial charge in [-0.25, -0.2) is 13.1 Å².